The first kappa shape index (κ1) is 45.5. The van der Waals surface area contributed by atoms with Crippen molar-refractivity contribution in [2.75, 3.05) is 0 Å². The van der Waals surface area contributed by atoms with E-state index < -0.39 is 55.7 Å². The first-order valence-corrected chi connectivity index (χ1v) is 31.3. The van der Waals surface area contributed by atoms with Gasteiger partial charge in [-0.25, -0.2) is 9.59 Å². The lowest BCUT2D eigenvalue weighted by molar-refractivity contribution is -0.151. The summed E-state index contributed by atoms with van der Waals surface area (Å²) in [6.45, 7) is 30.7. The summed E-state index contributed by atoms with van der Waals surface area (Å²) in [5.74, 6) is -0.977. The van der Waals surface area contributed by atoms with Crippen molar-refractivity contribution in [2.24, 2.45) is 0 Å². The SMILES string of the molecule is CCCCCCCCC(CC)(OC(=O)/C=C/C(=O)OC(CC)(CCCCCCCC)[Si](C)(C)O[Si](C)(C)C)[Si](C)(C)O[Si](C)(C)C. The van der Waals surface area contributed by atoms with Gasteiger partial charge in [0, 0.05) is 12.2 Å². The van der Waals surface area contributed by atoms with E-state index in [4.69, 9.17) is 17.7 Å². The molecule has 2 atom stereocenters. The Morgan fingerprint density at radius 1 is 0.478 bits per heavy atom. The van der Waals surface area contributed by atoms with Crippen molar-refractivity contribution < 1.29 is 27.3 Å². The molecule has 0 aliphatic rings. The summed E-state index contributed by atoms with van der Waals surface area (Å²) < 4.78 is 26.4. The fourth-order valence-electron chi connectivity index (χ4n) is 6.99. The van der Waals surface area contributed by atoms with Gasteiger partial charge < -0.3 is 17.7 Å². The lowest BCUT2D eigenvalue weighted by atomic mass is 10.0. The molecule has 6 nitrogen and oxygen atoms in total. The topological polar surface area (TPSA) is 71.1 Å². The smallest absolute Gasteiger partial charge is 0.331 e. The molecule has 0 amide bonds. The molecule has 0 saturated carbocycles. The fourth-order valence-corrected chi connectivity index (χ4v) is 24.7. The lowest BCUT2D eigenvalue weighted by Gasteiger charge is -2.46. The Morgan fingerprint density at radius 2 is 0.761 bits per heavy atom. The van der Waals surface area contributed by atoms with Gasteiger partial charge in [0.05, 0.1) is 0 Å². The molecule has 0 spiro atoms. The monoisotopic (exact) mass is 716 g/mol. The summed E-state index contributed by atoms with van der Waals surface area (Å²) in [6, 6.07) is 0. The molecule has 0 aromatic rings. The maximum Gasteiger partial charge on any atom is 0.331 e. The zero-order chi connectivity index (χ0) is 35.7. The largest absolute Gasteiger partial charge is 0.457 e. The van der Waals surface area contributed by atoms with Crippen LogP contribution in [0.2, 0.25) is 65.5 Å². The van der Waals surface area contributed by atoms with Gasteiger partial charge in [-0.2, -0.15) is 0 Å². The van der Waals surface area contributed by atoms with Crippen molar-refractivity contribution in [1.29, 1.82) is 0 Å². The minimum Gasteiger partial charge on any atom is -0.457 e. The van der Waals surface area contributed by atoms with Gasteiger partial charge in [-0.1, -0.05) is 91.9 Å². The van der Waals surface area contributed by atoms with Crippen LogP contribution >= 0.6 is 0 Å². The summed E-state index contributed by atoms with van der Waals surface area (Å²) in [6.07, 6.45) is 19.6. The van der Waals surface area contributed by atoms with Crippen molar-refractivity contribution in [3.8, 4) is 0 Å². The van der Waals surface area contributed by atoms with Crippen molar-refractivity contribution in [1.82, 2.24) is 0 Å². The van der Waals surface area contributed by atoms with Gasteiger partial charge in [0.2, 0.25) is 16.6 Å². The van der Waals surface area contributed by atoms with Gasteiger partial charge in [-0.3, -0.25) is 0 Å². The van der Waals surface area contributed by atoms with Crippen LogP contribution in [0.25, 0.3) is 0 Å². The molecular formula is C36H76O6Si4. The molecule has 0 N–H and O–H groups in total. The van der Waals surface area contributed by atoms with Crippen LogP contribution in [0.1, 0.15) is 130 Å². The highest BCUT2D eigenvalue weighted by atomic mass is 28.4. The van der Waals surface area contributed by atoms with Crippen LogP contribution in [-0.4, -0.2) is 55.7 Å². The number of hydrogen-bond donors (Lipinski definition) is 0. The van der Waals surface area contributed by atoms with Crippen LogP contribution in [0.5, 0.6) is 0 Å². The number of carbonyl (C=O) groups is 2. The number of ether oxygens (including phenoxy) is 2. The normalized spacial score (nSPS) is 15.9. The summed E-state index contributed by atoms with van der Waals surface area (Å²) in [4.78, 5) is 27.0. The Hall–Kier alpha value is -0.532. The highest BCUT2D eigenvalue weighted by Crippen LogP contribution is 2.38. The zero-order valence-electron chi connectivity index (χ0n) is 32.9. The van der Waals surface area contributed by atoms with Gasteiger partial charge in [0.25, 0.3) is 0 Å². The van der Waals surface area contributed by atoms with Crippen molar-refractivity contribution in [2.45, 2.75) is 206 Å². The molecular weight excluding hydrogens is 641 g/mol. The lowest BCUT2D eigenvalue weighted by Crippen LogP contribution is -2.62. The molecule has 0 saturated heterocycles. The standard InChI is InChI=1S/C36H76O6Si4/c1-15-19-21-23-25-27-31-35(17-3,45(11,12)41-43(5,6)7)39-33(37)29-30-34(38)40-36(18-4,32-28-26-24-22-20-16-2)46(13,14)42-44(8,9)10/h29-30H,15-28,31-32H2,1-14H3/b30-29+. The van der Waals surface area contributed by atoms with Gasteiger partial charge in [0.1, 0.15) is 10.4 Å². The van der Waals surface area contributed by atoms with Gasteiger partial charge in [0.15, 0.2) is 16.6 Å². The minimum atomic E-state index is -2.47. The van der Waals surface area contributed by atoms with Crippen LogP contribution in [0.4, 0.5) is 0 Å². The van der Waals surface area contributed by atoms with E-state index in [2.05, 4.69) is 93.2 Å². The Morgan fingerprint density at radius 3 is 1.02 bits per heavy atom. The van der Waals surface area contributed by atoms with Gasteiger partial charge in [-0.15, -0.1) is 0 Å². The summed E-state index contributed by atoms with van der Waals surface area (Å²) >= 11 is 0. The van der Waals surface area contributed by atoms with E-state index in [-0.39, 0.29) is 0 Å². The second kappa shape index (κ2) is 20.9. The van der Waals surface area contributed by atoms with E-state index in [0.29, 0.717) is 12.8 Å². The van der Waals surface area contributed by atoms with E-state index in [1.807, 2.05) is 0 Å². The Labute approximate surface area is 290 Å². The van der Waals surface area contributed by atoms with E-state index in [1.54, 1.807) is 0 Å². The molecule has 0 heterocycles. The van der Waals surface area contributed by atoms with E-state index in [9.17, 15) is 9.59 Å². The number of carbonyl (C=O) groups excluding carboxylic acids is 2. The summed E-state index contributed by atoms with van der Waals surface area (Å²) in [7, 11) is -8.71. The Kier molecular flexibility index (Phi) is 20.6. The Bertz CT molecular complexity index is 837. The minimum absolute atomic E-state index is 0.489. The predicted molar refractivity (Wildman–Crippen MR) is 207 cm³/mol. The zero-order valence-corrected chi connectivity index (χ0v) is 36.9. The van der Waals surface area contributed by atoms with Crippen LogP contribution in [0.3, 0.4) is 0 Å². The average molecular weight is 717 g/mol. The maximum absolute atomic E-state index is 13.5. The van der Waals surface area contributed by atoms with Crippen molar-refractivity contribution in [3.63, 3.8) is 0 Å². The first-order chi connectivity index (χ1) is 21.2. The fraction of sp³-hybridized carbons (Fsp3) is 0.889. The molecule has 0 fully saturated rings. The molecule has 0 bridgehead atoms. The van der Waals surface area contributed by atoms with Gasteiger partial charge in [-0.05, 0) is 104 Å². The highest BCUT2D eigenvalue weighted by molar-refractivity contribution is 6.86. The molecule has 10 heteroatoms. The number of hydrogen-bond acceptors (Lipinski definition) is 6. The summed E-state index contributed by atoms with van der Waals surface area (Å²) in [5, 5.41) is -1.32. The van der Waals surface area contributed by atoms with E-state index in [1.165, 1.54) is 63.5 Å². The van der Waals surface area contributed by atoms with Crippen molar-refractivity contribution >= 4 is 45.2 Å². The third kappa shape index (κ3) is 16.7. The quantitative estimate of drug-likeness (QED) is 0.0384. The number of esters is 2. The third-order valence-electron chi connectivity index (χ3n) is 9.28. The highest BCUT2D eigenvalue weighted by Gasteiger charge is 2.53. The van der Waals surface area contributed by atoms with E-state index >= 15 is 0 Å². The molecule has 0 aliphatic heterocycles. The molecule has 0 aromatic heterocycles. The third-order valence-corrected chi connectivity index (χ3v) is 24.1. The predicted octanol–water partition coefficient (Wildman–Crippen LogP) is 11.6. The molecule has 0 radical (unpaired) electrons. The van der Waals surface area contributed by atoms with Crippen molar-refractivity contribution in [3.05, 3.63) is 12.2 Å². The Balaban J connectivity index is 6.03. The second-order valence-electron chi connectivity index (χ2n) is 16.4. The molecule has 0 rings (SSSR count). The number of unbranched alkanes of at least 4 members (excludes halogenated alkanes) is 10. The van der Waals surface area contributed by atoms with Crippen LogP contribution < -0.4 is 0 Å². The average Bonchev–Trinajstić information content (AvgIpc) is 2.91. The molecule has 2 unspecified atom stereocenters. The molecule has 0 aromatic carbocycles. The van der Waals surface area contributed by atoms with Crippen LogP contribution in [-0.2, 0) is 27.3 Å². The number of rotatable bonds is 26. The molecule has 272 valence electrons. The van der Waals surface area contributed by atoms with Crippen LogP contribution in [0, 0.1) is 0 Å². The van der Waals surface area contributed by atoms with Gasteiger partial charge >= 0.3 is 11.9 Å². The first-order valence-electron chi connectivity index (χ1n) is 18.7. The van der Waals surface area contributed by atoms with Crippen LogP contribution in [0.15, 0.2) is 12.2 Å². The summed E-state index contributed by atoms with van der Waals surface area (Å²) in [5.41, 5.74) is 0. The second-order valence-corrected chi connectivity index (χ2v) is 34.3. The molecule has 0 aliphatic carbocycles. The van der Waals surface area contributed by atoms with E-state index in [0.717, 1.165) is 38.5 Å². The maximum atomic E-state index is 13.5. The molecule has 46 heavy (non-hydrogen) atoms.